The molecule has 1 heterocycles. The molecule has 1 aliphatic heterocycles. The Morgan fingerprint density at radius 1 is 1.03 bits per heavy atom. The second-order valence-corrected chi connectivity index (χ2v) is 7.53. The van der Waals surface area contributed by atoms with E-state index in [4.69, 9.17) is 4.74 Å². The van der Waals surface area contributed by atoms with Crippen LogP contribution in [0.1, 0.15) is 49.1 Å². The number of nitrogens with zero attached hydrogens (tertiary/aromatic N) is 1. The van der Waals surface area contributed by atoms with Crippen LogP contribution in [0.5, 0.6) is 0 Å². The molecule has 146 valence electrons. The smallest absolute Gasteiger partial charge is 0.339 e. The standard InChI is InChI=1S/C25H23NO3/c1-17-8-10-18(11-9-17)16-26(2)24(27)20-12-13-22-21(14-20)15-23(29-25(22)28)19-6-4-3-5-7-19/h3-14,23H,15-16H2,1-2H3. The summed E-state index contributed by atoms with van der Waals surface area (Å²) in [4.78, 5) is 27.1. The second-order valence-electron chi connectivity index (χ2n) is 7.53. The Kier molecular flexibility index (Phi) is 5.17. The summed E-state index contributed by atoms with van der Waals surface area (Å²) in [6.45, 7) is 2.57. The van der Waals surface area contributed by atoms with Crippen molar-refractivity contribution in [2.24, 2.45) is 0 Å². The van der Waals surface area contributed by atoms with Gasteiger partial charge in [0.05, 0.1) is 5.56 Å². The van der Waals surface area contributed by atoms with Gasteiger partial charge in [0.25, 0.3) is 5.91 Å². The van der Waals surface area contributed by atoms with E-state index in [2.05, 4.69) is 0 Å². The molecule has 4 rings (SSSR count). The lowest BCUT2D eigenvalue weighted by Gasteiger charge is -2.26. The molecule has 3 aromatic carbocycles. The predicted molar refractivity (Wildman–Crippen MR) is 112 cm³/mol. The fourth-order valence-corrected chi connectivity index (χ4v) is 3.64. The molecule has 4 heteroatoms. The fourth-order valence-electron chi connectivity index (χ4n) is 3.64. The Balaban J connectivity index is 1.54. The summed E-state index contributed by atoms with van der Waals surface area (Å²) in [5.74, 6) is -0.407. The van der Waals surface area contributed by atoms with E-state index in [1.807, 2.05) is 67.6 Å². The van der Waals surface area contributed by atoms with Crippen LogP contribution in [-0.4, -0.2) is 23.8 Å². The van der Waals surface area contributed by atoms with Gasteiger partial charge in [-0.2, -0.15) is 0 Å². The van der Waals surface area contributed by atoms with Gasteiger partial charge in [-0.05, 0) is 41.8 Å². The molecule has 0 spiro atoms. The van der Waals surface area contributed by atoms with Crippen molar-refractivity contribution in [3.8, 4) is 0 Å². The van der Waals surface area contributed by atoms with Gasteiger partial charge in [0.2, 0.25) is 0 Å². The lowest BCUT2D eigenvalue weighted by atomic mass is 9.93. The summed E-state index contributed by atoms with van der Waals surface area (Å²) in [6.07, 6.45) is 0.236. The molecule has 0 bridgehead atoms. The van der Waals surface area contributed by atoms with Crippen LogP contribution in [0, 0.1) is 6.92 Å². The number of ether oxygens (including phenoxy) is 1. The van der Waals surface area contributed by atoms with E-state index in [1.165, 1.54) is 5.56 Å². The number of benzene rings is 3. The second kappa shape index (κ2) is 7.92. The molecule has 0 saturated carbocycles. The van der Waals surface area contributed by atoms with Crippen molar-refractivity contribution in [2.45, 2.75) is 26.0 Å². The molecular formula is C25H23NO3. The van der Waals surface area contributed by atoms with E-state index >= 15 is 0 Å². The molecule has 0 aromatic heterocycles. The van der Waals surface area contributed by atoms with Crippen LogP contribution < -0.4 is 0 Å². The van der Waals surface area contributed by atoms with Crippen molar-refractivity contribution in [3.63, 3.8) is 0 Å². The van der Waals surface area contributed by atoms with Gasteiger partial charge in [0.1, 0.15) is 6.10 Å². The molecule has 0 saturated heterocycles. The van der Waals surface area contributed by atoms with Crippen LogP contribution in [0.15, 0.2) is 72.8 Å². The molecule has 4 nitrogen and oxygen atoms in total. The minimum absolute atomic E-state index is 0.0661. The molecule has 1 atom stereocenters. The first kappa shape index (κ1) is 18.9. The van der Waals surface area contributed by atoms with E-state index in [0.717, 1.165) is 16.7 Å². The number of rotatable bonds is 4. The van der Waals surface area contributed by atoms with Gasteiger partial charge < -0.3 is 9.64 Å². The minimum atomic E-state index is -0.341. The van der Waals surface area contributed by atoms with Crippen molar-refractivity contribution in [1.29, 1.82) is 0 Å². The zero-order valence-electron chi connectivity index (χ0n) is 16.6. The van der Waals surface area contributed by atoms with Crippen molar-refractivity contribution in [1.82, 2.24) is 4.90 Å². The van der Waals surface area contributed by atoms with E-state index in [0.29, 0.717) is 24.1 Å². The molecule has 1 aliphatic rings. The highest BCUT2D eigenvalue weighted by molar-refractivity contribution is 5.97. The number of carbonyl (C=O) groups is 2. The Morgan fingerprint density at radius 2 is 1.76 bits per heavy atom. The van der Waals surface area contributed by atoms with E-state index in [1.54, 1.807) is 24.1 Å². The molecule has 29 heavy (non-hydrogen) atoms. The summed E-state index contributed by atoms with van der Waals surface area (Å²) < 4.78 is 5.60. The van der Waals surface area contributed by atoms with Gasteiger partial charge in [-0.15, -0.1) is 0 Å². The first-order chi connectivity index (χ1) is 14.0. The predicted octanol–water partition coefficient (Wildman–Crippen LogP) is 4.72. The molecular weight excluding hydrogens is 362 g/mol. The summed E-state index contributed by atoms with van der Waals surface area (Å²) in [5.41, 5.74) is 5.20. The van der Waals surface area contributed by atoms with Gasteiger partial charge >= 0.3 is 5.97 Å². The zero-order chi connectivity index (χ0) is 20.4. The largest absolute Gasteiger partial charge is 0.454 e. The van der Waals surface area contributed by atoms with Gasteiger partial charge in [-0.25, -0.2) is 4.79 Å². The highest BCUT2D eigenvalue weighted by Crippen LogP contribution is 2.31. The fraction of sp³-hybridized carbons (Fsp3) is 0.200. The Bertz CT molecular complexity index is 1040. The Hall–Kier alpha value is -3.40. The topological polar surface area (TPSA) is 46.6 Å². The molecule has 1 amide bonds. The first-order valence-corrected chi connectivity index (χ1v) is 9.71. The zero-order valence-corrected chi connectivity index (χ0v) is 16.6. The van der Waals surface area contributed by atoms with Crippen LogP contribution in [0.3, 0.4) is 0 Å². The molecule has 0 fully saturated rings. The summed E-state index contributed by atoms with van der Waals surface area (Å²) >= 11 is 0. The number of aryl methyl sites for hydroxylation is 1. The monoisotopic (exact) mass is 385 g/mol. The van der Waals surface area contributed by atoms with E-state index in [-0.39, 0.29) is 18.0 Å². The molecule has 0 N–H and O–H groups in total. The average Bonchev–Trinajstić information content (AvgIpc) is 2.75. The average molecular weight is 385 g/mol. The SMILES string of the molecule is Cc1ccc(CN(C)C(=O)c2ccc3c(c2)CC(c2ccccc2)OC3=O)cc1. The third-order valence-electron chi connectivity index (χ3n) is 5.29. The van der Waals surface area contributed by atoms with Gasteiger partial charge in [0.15, 0.2) is 0 Å². The number of hydrogen-bond donors (Lipinski definition) is 0. The van der Waals surface area contributed by atoms with Crippen LogP contribution in [-0.2, 0) is 17.7 Å². The molecule has 0 aliphatic carbocycles. The number of carbonyl (C=O) groups excluding carboxylic acids is 2. The maximum atomic E-state index is 12.9. The lowest BCUT2D eigenvalue weighted by molar-refractivity contribution is 0.0252. The highest BCUT2D eigenvalue weighted by atomic mass is 16.5. The number of amides is 1. The summed E-state index contributed by atoms with van der Waals surface area (Å²) in [5, 5.41) is 0. The first-order valence-electron chi connectivity index (χ1n) is 9.71. The third kappa shape index (κ3) is 4.06. The van der Waals surface area contributed by atoms with Gasteiger partial charge in [-0.1, -0.05) is 60.2 Å². The molecule has 0 radical (unpaired) electrons. The minimum Gasteiger partial charge on any atom is -0.454 e. The van der Waals surface area contributed by atoms with Crippen molar-refractivity contribution in [3.05, 3.63) is 106 Å². The lowest BCUT2D eigenvalue weighted by Crippen LogP contribution is -2.27. The van der Waals surface area contributed by atoms with Crippen LogP contribution in [0.4, 0.5) is 0 Å². The van der Waals surface area contributed by atoms with Crippen LogP contribution in [0.2, 0.25) is 0 Å². The van der Waals surface area contributed by atoms with Crippen molar-refractivity contribution < 1.29 is 14.3 Å². The third-order valence-corrected chi connectivity index (χ3v) is 5.29. The number of esters is 1. The number of hydrogen-bond acceptors (Lipinski definition) is 3. The van der Waals surface area contributed by atoms with Crippen molar-refractivity contribution in [2.75, 3.05) is 7.05 Å². The van der Waals surface area contributed by atoms with E-state index in [9.17, 15) is 9.59 Å². The van der Waals surface area contributed by atoms with Crippen LogP contribution >= 0.6 is 0 Å². The van der Waals surface area contributed by atoms with E-state index < -0.39 is 0 Å². The highest BCUT2D eigenvalue weighted by Gasteiger charge is 2.28. The number of fused-ring (bicyclic) bond motifs is 1. The normalized spacial score (nSPS) is 15.4. The maximum absolute atomic E-state index is 12.9. The number of cyclic esters (lactones) is 1. The molecule has 1 unspecified atom stereocenters. The summed E-state index contributed by atoms with van der Waals surface area (Å²) in [6, 6.07) is 23.1. The Labute approximate surface area is 170 Å². The maximum Gasteiger partial charge on any atom is 0.339 e. The quantitative estimate of drug-likeness (QED) is 0.611. The van der Waals surface area contributed by atoms with Gasteiger partial charge in [0, 0.05) is 25.6 Å². The summed E-state index contributed by atoms with van der Waals surface area (Å²) in [7, 11) is 1.79. The van der Waals surface area contributed by atoms with Gasteiger partial charge in [-0.3, -0.25) is 4.79 Å². The molecule has 3 aromatic rings. The van der Waals surface area contributed by atoms with Crippen molar-refractivity contribution >= 4 is 11.9 Å². The van der Waals surface area contributed by atoms with Crippen LogP contribution in [0.25, 0.3) is 0 Å². The Morgan fingerprint density at radius 3 is 2.48 bits per heavy atom.